The first-order valence-electron chi connectivity index (χ1n) is 12.5. The van der Waals surface area contributed by atoms with Gasteiger partial charge in [0, 0.05) is 24.6 Å². The van der Waals surface area contributed by atoms with Gasteiger partial charge in [-0.1, -0.05) is 43.3 Å². The lowest BCUT2D eigenvalue weighted by Gasteiger charge is -2.64. The highest BCUT2D eigenvalue weighted by Crippen LogP contribution is 2.66. The predicted molar refractivity (Wildman–Crippen MR) is 126 cm³/mol. The summed E-state index contributed by atoms with van der Waals surface area (Å²) < 4.78 is 19.2. The molecule has 33 heavy (non-hydrogen) atoms. The summed E-state index contributed by atoms with van der Waals surface area (Å²) in [4.78, 5) is 15.9. The number of rotatable bonds is 7. The van der Waals surface area contributed by atoms with Crippen molar-refractivity contribution in [1.29, 1.82) is 0 Å². The highest BCUT2D eigenvalue weighted by Gasteiger charge is 2.74. The number of aryl methyl sites for hydroxylation is 1. The van der Waals surface area contributed by atoms with Gasteiger partial charge in [0.05, 0.1) is 18.1 Å². The van der Waals surface area contributed by atoms with Crippen molar-refractivity contribution in [3.8, 4) is 11.5 Å². The van der Waals surface area contributed by atoms with Crippen LogP contribution >= 0.6 is 0 Å². The van der Waals surface area contributed by atoms with Gasteiger partial charge >= 0.3 is 0 Å². The van der Waals surface area contributed by atoms with Gasteiger partial charge in [0.25, 0.3) is 0 Å². The molecule has 4 aliphatic rings. The minimum absolute atomic E-state index is 0.216. The van der Waals surface area contributed by atoms with Crippen LogP contribution in [-0.2, 0) is 27.8 Å². The van der Waals surface area contributed by atoms with Crippen LogP contribution in [0.5, 0.6) is 11.5 Å². The van der Waals surface area contributed by atoms with Crippen LogP contribution in [0.15, 0.2) is 42.5 Å². The summed E-state index contributed by atoms with van der Waals surface area (Å²) in [6, 6.07) is 15.1. The van der Waals surface area contributed by atoms with Crippen molar-refractivity contribution < 1.29 is 19.0 Å². The average molecular weight is 448 g/mol. The molecule has 2 heterocycles. The number of likely N-dealkylation sites (tertiary alicyclic amines) is 1. The van der Waals surface area contributed by atoms with E-state index in [2.05, 4.69) is 48.2 Å². The van der Waals surface area contributed by atoms with Crippen molar-refractivity contribution in [2.45, 2.75) is 68.6 Å². The molecular formula is C28H33NO4. The summed E-state index contributed by atoms with van der Waals surface area (Å²) in [6.45, 7) is 4.90. The number of benzene rings is 2. The van der Waals surface area contributed by atoms with E-state index < -0.39 is 17.1 Å². The number of methoxy groups -OCH3 is 1. The van der Waals surface area contributed by atoms with Crippen molar-refractivity contribution in [2.75, 3.05) is 26.8 Å². The van der Waals surface area contributed by atoms with E-state index in [1.807, 2.05) is 6.07 Å². The SMILES string of the molecule is CCN1CC[C@]23c4c5ccc(OC)c4O[C@H]2C(=O)CC[C@@]3(OCCCc2ccccc2)C1C5. The van der Waals surface area contributed by atoms with Crippen LogP contribution in [0.3, 0.4) is 0 Å². The number of Topliss-reactive ketones (excluding diaryl/α,β-unsaturated/α-hetero) is 1. The Morgan fingerprint density at radius 1 is 1.15 bits per heavy atom. The van der Waals surface area contributed by atoms with Crippen molar-refractivity contribution in [3.05, 3.63) is 59.2 Å². The largest absolute Gasteiger partial charge is 0.493 e. The Balaban J connectivity index is 1.41. The normalized spacial score (nSPS) is 31.8. The molecule has 6 rings (SSSR count). The molecule has 0 N–H and O–H groups in total. The van der Waals surface area contributed by atoms with Crippen molar-refractivity contribution >= 4 is 5.78 Å². The summed E-state index contributed by atoms with van der Waals surface area (Å²) in [5.41, 5.74) is 3.03. The molecule has 0 radical (unpaired) electrons. The molecule has 1 unspecified atom stereocenters. The standard InChI is InChI=1S/C28H33NO4/c1-3-29-16-15-27-24-20-11-12-22(31-2)25(24)33-26(27)21(30)13-14-28(27,23(29)18-20)32-17-7-10-19-8-5-4-6-9-19/h4-6,8-9,11-12,23,26H,3,7,10,13-18H2,1-2H3/t23?,26-,27-,28+/m0/s1. The molecule has 4 atom stereocenters. The molecule has 2 aromatic rings. The molecule has 174 valence electrons. The Hall–Kier alpha value is -2.37. The second-order valence-corrected chi connectivity index (χ2v) is 9.99. The fraction of sp³-hybridized carbons (Fsp3) is 0.536. The number of hydrogen-bond acceptors (Lipinski definition) is 5. The number of likely N-dealkylation sites (N-methyl/N-ethyl adjacent to an activating group) is 1. The number of ether oxygens (including phenoxy) is 3. The lowest BCUT2D eigenvalue weighted by Crippen LogP contribution is -2.77. The molecule has 2 bridgehead atoms. The Bertz CT molecular complexity index is 1070. The number of carbonyl (C=O) groups excluding carboxylic acids is 1. The molecule has 5 heteroatoms. The van der Waals surface area contributed by atoms with Gasteiger partial charge in [-0.25, -0.2) is 0 Å². The minimum Gasteiger partial charge on any atom is -0.493 e. The number of ketones is 1. The van der Waals surface area contributed by atoms with Crippen molar-refractivity contribution in [1.82, 2.24) is 4.90 Å². The van der Waals surface area contributed by atoms with Crippen molar-refractivity contribution in [2.24, 2.45) is 0 Å². The van der Waals surface area contributed by atoms with E-state index in [4.69, 9.17) is 14.2 Å². The van der Waals surface area contributed by atoms with E-state index in [9.17, 15) is 4.79 Å². The Morgan fingerprint density at radius 3 is 2.79 bits per heavy atom. The molecule has 1 spiro atoms. The van der Waals surface area contributed by atoms with E-state index in [1.54, 1.807) is 7.11 Å². The van der Waals surface area contributed by atoms with Crippen LogP contribution in [-0.4, -0.2) is 55.2 Å². The lowest BCUT2D eigenvalue weighted by molar-refractivity contribution is -0.212. The zero-order chi connectivity index (χ0) is 22.6. The van der Waals surface area contributed by atoms with Crippen LogP contribution in [0.4, 0.5) is 0 Å². The van der Waals surface area contributed by atoms with Gasteiger partial charge in [0.15, 0.2) is 23.4 Å². The van der Waals surface area contributed by atoms with E-state index >= 15 is 0 Å². The first kappa shape index (κ1) is 21.2. The van der Waals surface area contributed by atoms with Gasteiger partial charge < -0.3 is 14.2 Å². The predicted octanol–water partition coefficient (Wildman–Crippen LogP) is 4.10. The van der Waals surface area contributed by atoms with Gasteiger partial charge in [-0.05, 0) is 62.4 Å². The lowest BCUT2D eigenvalue weighted by atomic mass is 9.48. The van der Waals surface area contributed by atoms with Gasteiger partial charge in [-0.3, -0.25) is 9.69 Å². The van der Waals surface area contributed by atoms with E-state index in [0.29, 0.717) is 13.0 Å². The van der Waals surface area contributed by atoms with E-state index in [-0.39, 0.29) is 11.8 Å². The molecule has 2 aliphatic heterocycles. The maximum atomic E-state index is 13.3. The number of hydrogen-bond donors (Lipinski definition) is 0. The summed E-state index contributed by atoms with van der Waals surface area (Å²) in [5.74, 6) is 1.74. The smallest absolute Gasteiger partial charge is 0.174 e. The van der Waals surface area contributed by atoms with Crippen molar-refractivity contribution in [3.63, 3.8) is 0 Å². The Labute approximate surface area is 196 Å². The topological polar surface area (TPSA) is 48.0 Å². The molecule has 1 saturated heterocycles. The molecular weight excluding hydrogens is 414 g/mol. The number of piperidine rings is 1. The van der Waals surface area contributed by atoms with Gasteiger partial charge in [-0.15, -0.1) is 0 Å². The Kier molecular flexibility index (Phi) is 5.04. The van der Waals surface area contributed by atoms with Crippen LogP contribution in [0.1, 0.15) is 49.3 Å². The molecule has 2 fully saturated rings. The fourth-order valence-corrected chi connectivity index (χ4v) is 7.38. The first-order valence-corrected chi connectivity index (χ1v) is 12.5. The summed E-state index contributed by atoms with van der Waals surface area (Å²) in [6.07, 6.45) is 4.62. The summed E-state index contributed by atoms with van der Waals surface area (Å²) in [5, 5.41) is 0. The van der Waals surface area contributed by atoms with Crippen LogP contribution in [0, 0.1) is 0 Å². The molecule has 5 nitrogen and oxygen atoms in total. The van der Waals surface area contributed by atoms with Gasteiger partial charge in [0.1, 0.15) is 0 Å². The van der Waals surface area contributed by atoms with E-state index in [0.717, 1.165) is 56.7 Å². The molecule has 1 saturated carbocycles. The molecule has 0 amide bonds. The van der Waals surface area contributed by atoms with Crippen LogP contribution in [0.25, 0.3) is 0 Å². The molecule has 2 aliphatic carbocycles. The molecule has 0 aromatic heterocycles. The Morgan fingerprint density at radius 2 is 2.00 bits per heavy atom. The first-order chi connectivity index (χ1) is 16.1. The highest BCUT2D eigenvalue weighted by atomic mass is 16.5. The van der Waals surface area contributed by atoms with Crippen LogP contribution < -0.4 is 9.47 Å². The van der Waals surface area contributed by atoms with Crippen LogP contribution in [0.2, 0.25) is 0 Å². The average Bonchev–Trinajstić information content (AvgIpc) is 3.20. The van der Waals surface area contributed by atoms with Gasteiger partial charge in [-0.2, -0.15) is 0 Å². The minimum atomic E-state index is -0.466. The second kappa shape index (κ2) is 7.85. The summed E-state index contributed by atoms with van der Waals surface area (Å²) in [7, 11) is 1.68. The third-order valence-corrected chi connectivity index (χ3v) is 8.75. The summed E-state index contributed by atoms with van der Waals surface area (Å²) >= 11 is 0. The molecule has 2 aromatic carbocycles. The second-order valence-electron chi connectivity index (χ2n) is 9.99. The van der Waals surface area contributed by atoms with Gasteiger partial charge in [0.2, 0.25) is 0 Å². The third-order valence-electron chi connectivity index (χ3n) is 8.75. The fourth-order valence-electron chi connectivity index (χ4n) is 7.38. The quantitative estimate of drug-likeness (QED) is 0.598. The maximum Gasteiger partial charge on any atom is 0.174 e. The number of nitrogens with zero attached hydrogens (tertiary/aromatic N) is 1. The maximum absolute atomic E-state index is 13.3. The third kappa shape index (κ3) is 2.82. The monoisotopic (exact) mass is 447 g/mol. The number of carbonyl (C=O) groups is 1. The van der Waals surface area contributed by atoms with E-state index in [1.165, 1.54) is 16.7 Å². The zero-order valence-electron chi connectivity index (χ0n) is 19.6. The zero-order valence-corrected chi connectivity index (χ0v) is 19.6. The highest BCUT2D eigenvalue weighted by molar-refractivity contribution is 5.90.